The van der Waals surface area contributed by atoms with Gasteiger partial charge in [0.15, 0.2) is 0 Å². The Balaban J connectivity index is 2.61. The Morgan fingerprint density at radius 3 is 2.56 bits per heavy atom. The van der Waals surface area contributed by atoms with Gasteiger partial charge in [-0.25, -0.2) is 0 Å². The number of nitrogens with one attached hydrogen (secondary N) is 1. The molecule has 0 heterocycles. The van der Waals surface area contributed by atoms with Gasteiger partial charge in [0.1, 0.15) is 0 Å². The number of nitrogens with zero attached hydrogens (tertiary/aromatic N) is 4. The Labute approximate surface area is 93.5 Å². The average Bonchev–Trinajstić information content (AvgIpc) is 2.20. The van der Waals surface area contributed by atoms with Crippen LogP contribution in [0.25, 0.3) is 10.4 Å². The van der Waals surface area contributed by atoms with Gasteiger partial charge in [-0.15, -0.1) is 0 Å². The van der Waals surface area contributed by atoms with E-state index in [2.05, 4.69) is 15.3 Å². The van der Waals surface area contributed by atoms with E-state index in [1.807, 2.05) is 14.1 Å². The Bertz CT molecular complexity index is 406. The fourth-order valence-electron chi connectivity index (χ4n) is 1.15. The number of carbonyl (C=O) groups excluding carboxylic acids is 1. The molecule has 0 bridgehead atoms. The zero-order valence-corrected chi connectivity index (χ0v) is 9.21. The van der Waals surface area contributed by atoms with Gasteiger partial charge in [0.2, 0.25) is 5.91 Å². The van der Waals surface area contributed by atoms with Crippen LogP contribution in [-0.2, 0) is 4.79 Å². The Hall–Kier alpha value is -2.04. The van der Waals surface area contributed by atoms with Crippen LogP contribution in [0.5, 0.6) is 0 Å². The molecular weight excluding hydrogens is 206 g/mol. The van der Waals surface area contributed by atoms with Crippen molar-refractivity contribution in [3.8, 4) is 0 Å². The molecule has 1 aromatic rings. The molecule has 0 aliphatic carbocycles. The minimum absolute atomic E-state index is 0.0819. The maximum atomic E-state index is 11.4. The summed E-state index contributed by atoms with van der Waals surface area (Å²) in [6, 6.07) is 6.67. The van der Waals surface area contributed by atoms with E-state index in [9.17, 15) is 4.79 Å². The van der Waals surface area contributed by atoms with Crippen molar-refractivity contribution in [1.29, 1.82) is 0 Å². The first-order valence-corrected chi connectivity index (χ1v) is 4.71. The second kappa shape index (κ2) is 5.75. The minimum atomic E-state index is -0.0819. The molecule has 0 saturated heterocycles. The van der Waals surface area contributed by atoms with Crippen LogP contribution in [0.4, 0.5) is 11.4 Å². The summed E-state index contributed by atoms with van der Waals surface area (Å²) in [7, 11) is 3.65. The molecule has 1 amide bonds. The van der Waals surface area contributed by atoms with Crippen molar-refractivity contribution in [2.75, 3.05) is 26.0 Å². The lowest BCUT2D eigenvalue weighted by atomic mass is 10.3. The highest BCUT2D eigenvalue weighted by atomic mass is 16.2. The van der Waals surface area contributed by atoms with Gasteiger partial charge in [0, 0.05) is 16.3 Å². The van der Waals surface area contributed by atoms with Crippen LogP contribution in [0.3, 0.4) is 0 Å². The predicted octanol–water partition coefficient (Wildman–Crippen LogP) is 2.13. The molecule has 0 unspecified atom stereocenters. The summed E-state index contributed by atoms with van der Waals surface area (Å²) in [5.74, 6) is -0.0819. The van der Waals surface area contributed by atoms with E-state index < -0.39 is 0 Å². The van der Waals surface area contributed by atoms with E-state index in [1.165, 1.54) is 0 Å². The topological polar surface area (TPSA) is 81.1 Å². The molecule has 0 radical (unpaired) electrons. The molecular formula is C10H13N5O. The zero-order chi connectivity index (χ0) is 12.0. The molecule has 0 aliphatic heterocycles. The molecule has 16 heavy (non-hydrogen) atoms. The van der Waals surface area contributed by atoms with Gasteiger partial charge < -0.3 is 10.2 Å². The Kier molecular flexibility index (Phi) is 4.32. The number of carbonyl (C=O) groups is 1. The maximum Gasteiger partial charge on any atom is 0.238 e. The lowest BCUT2D eigenvalue weighted by molar-refractivity contribution is -0.116. The Morgan fingerprint density at radius 2 is 2.06 bits per heavy atom. The van der Waals surface area contributed by atoms with Crippen molar-refractivity contribution in [2.24, 2.45) is 5.11 Å². The fraction of sp³-hybridized carbons (Fsp3) is 0.300. The predicted molar refractivity (Wildman–Crippen MR) is 62.4 cm³/mol. The zero-order valence-electron chi connectivity index (χ0n) is 9.21. The summed E-state index contributed by atoms with van der Waals surface area (Å²) in [5.41, 5.74) is 9.42. The molecule has 0 saturated carbocycles. The van der Waals surface area contributed by atoms with E-state index >= 15 is 0 Å². The molecule has 6 nitrogen and oxygen atoms in total. The summed E-state index contributed by atoms with van der Waals surface area (Å²) in [4.78, 5) is 15.8. The third-order valence-electron chi connectivity index (χ3n) is 1.77. The number of likely N-dealkylation sites (N-methyl/N-ethyl adjacent to an activating group) is 1. The second-order valence-corrected chi connectivity index (χ2v) is 3.52. The number of benzene rings is 1. The maximum absolute atomic E-state index is 11.4. The third-order valence-corrected chi connectivity index (χ3v) is 1.77. The van der Waals surface area contributed by atoms with Crippen LogP contribution in [0, 0.1) is 0 Å². The summed E-state index contributed by atoms with van der Waals surface area (Å²) in [5, 5.41) is 6.16. The van der Waals surface area contributed by atoms with Crippen LogP contribution in [0.15, 0.2) is 29.4 Å². The van der Waals surface area contributed by atoms with Crippen LogP contribution in [-0.4, -0.2) is 31.4 Å². The van der Waals surface area contributed by atoms with Crippen molar-refractivity contribution in [1.82, 2.24) is 4.90 Å². The number of hydrogen-bond acceptors (Lipinski definition) is 3. The van der Waals surface area contributed by atoms with Crippen molar-refractivity contribution < 1.29 is 4.79 Å². The van der Waals surface area contributed by atoms with E-state index in [1.54, 1.807) is 29.2 Å². The molecule has 1 aromatic carbocycles. The van der Waals surface area contributed by atoms with Gasteiger partial charge in [0.25, 0.3) is 0 Å². The highest BCUT2D eigenvalue weighted by Gasteiger charge is 2.02. The number of azide groups is 1. The number of amides is 1. The van der Waals surface area contributed by atoms with Crippen molar-refractivity contribution >= 4 is 17.3 Å². The normalized spacial score (nSPS) is 9.69. The largest absolute Gasteiger partial charge is 0.325 e. The third kappa shape index (κ3) is 4.00. The van der Waals surface area contributed by atoms with Crippen LogP contribution < -0.4 is 5.32 Å². The van der Waals surface area contributed by atoms with E-state index in [4.69, 9.17) is 5.53 Å². The highest BCUT2D eigenvalue weighted by molar-refractivity contribution is 5.92. The molecule has 0 aromatic heterocycles. The summed E-state index contributed by atoms with van der Waals surface area (Å²) >= 11 is 0. The first-order valence-electron chi connectivity index (χ1n) is 4.71. The molecule has 1 N–H and O–H groups in total. The van der Waals surface area contributed by atoms with Gasteiger partial charge in [-0.1, -0.05) is 17.2 Å². The first kappa shape index (κ1) is 12.0. The summed E-state index contributed by atoms with van der Waals surface area (Å²) < 4.78 is 0. The van der Waals surface area contributed by atoms with Crippen LogP contribution in [0.1, 0.15) is 0 Å². The van der Waals surface area contributed by atoms with Gasteiger partial charge in [-0.3, -0.25) is 4.79 Å². The lowest BCUT2D eigenvalue weighted by Crippen LogP contribution is -2.26. The van der Waals surface area contributed by atoms with Crippen molar-refractivity contribution in [3.05, 3.63) is 34.7 Å². The smallest absolute Gasteiger partial charge is 0.238 e. The van der Waals surface area contributed by atoms with Gasteiger partial charge in [-0.05, 0) is 31.8 Å². The van der Waals surface area contributed by atoms with Crippen molar-refractivity contribution in [3.63, 3.8) is 0 Å². The van der Waals surface area contributed by atoms with Gasteiger partial charge in [-0.2, -0.15) is 0 Å². The number of rotatable bonds is 4. The fourth-order valence-corrected chi connectivity index (χ4v) is 1.15. The monoisotopic (exact) mass is 219 g/mol. The van der Waals surface area contributed by atoms with E-state index in [0.717, 1.165) is 0 Å². The molecule has 84 valence electrons. The molecule has 6 heteroatoms. The van der Waals surface area contributed by atoms with E-state index in [0.29, 0.717) is 17.9 Å². The Morgan fingerprint density at radius 1 is 1.44 bits per heavy atom. The minimum Gasteiger partial charge on any atom is -0.325 e. The molecule has 0 aliphatic rings. The van der Waals surface area contributed by atoms with Gasteiger partial charge >= 0.3 is 0 Å². The van der Waals surface area contributed by atoms with E-state index in [-0.39, 0.29) is 5.91 Å². The standard InChI is InChI=1S/C10H13N5O/c1-15(2)7-10(16)12-8-3-5-9(6-4-8)13-14-11/h3-6H,7H2,1-2H3,(H,12,16). The highest BCUT2D eigenvalue weighted by Crippen LogP contribution is 2.16. The number of anilines is 1. The molecule has 0 spiro atoms. The SMILES string of the molecule is CN(C)CC(=O)Nc1ccc(N=[N+]=[N-])cc1. The quantitative estimate of drug-likeness (QED) is 0.478. The molecule has 1 rings (SSSR count). The summed E-state index contributed by atoms with van der Waals surface area (Å²) in [6.45, 7) is 0.331. The number of hydrogen-bond donors (Lipinski definition) is 1. The average molecular weight is 219 g/mol. The first-order chi connectivity index (χ1) is 7.61. The summed E-state index contributed by atoms with van der Waals surface area (Å²) in [6.07, 6.45) is 0. The van der Waals surface area contributed by atoms with Crippen LogP contribution >= 0.6 is 0 Å². The second-order valence-electron chi connectivity index (χ2n) is 3.52. The molecule has 0 atom stereocenters. The van der Waals surface area contributed by atoms with Crippen LogP contribution in [0.2, 0.25) is 0 Å². The molecule has 0 fully saturated rings. The lowest BCUT2D eigenvalue weighted by Gasteiger charge is -2.09. The van der Waals surface area contributed by atoms with Gasteiger partial charge in [0.05, 0.1) is 6.54 Å². The van der Waals surface area contributed by atoms with Crippen molar-refractivity contribution in [2.45, 2.75) is 0 Å².